The van der Waals surface area contributed by atoms with Crippen molar-refractivity contribution in [1.82, 2.24) is 4.90 Å². The van der Waals surface area contributed by atoms with Crippen molar-refractivity contribution in [3.05, 3.63) is 70.5 Å². The fourth-order valence-corrected chi connectivity index (χ4v) is 3.44. The Kier molecular flexibility index (Phi) is 6.40. The summed E-state index contributed by atoms with van der Waals surface area (Å²) in [6, 6.07) is 13.8. The maximum atomic E-state index is 13.8. The molecular formula is C21H20BrFN2O2. The molecule has 1 unspecified atom stereocenters. The number of para-hydroxylation sites is 1. The van der Waals surface area contributed by atoms with Gasteiger partial charge in [-0.2, -0.15) is 0 Å². The van der Waals surface area contributed by atoms with Gasteiger partial charge in [-0.25, -0.2) is 4.39 Å². The smallest absolute Gasteiger partial charge is 0.246 e. The van der Waals surface area contributed by atoms with Crippen LogP contribution in [0.1, 0.15) is 18.4 Å². The molecule has 2 amide bonds. The first-order valence-corrected chi connectivity index (χ1v) is 9.60. The predicted molar refractivity (Wildman–Crippen MR) is 108 cm³/mol. The summed E-state index contributed by atoms with van der Waals surface area (Å²) in [6.07, 6.45) is 4.34. The van der Waals surface area contributed by atoms with Crippen molar-refractivity contribution >= 4 is 39.5 Å². The van der Waals surface area contributed by atoms with E-state index >= 15 is 0 Å². The molecule has 1 saturated heterocycles. The van der Waals surface area contributed by atoms with Gasteiger partial charge >= 0.3 is 0 Å². The normalized spacial score (nSPS) is 17.1. The van der Waals surface area contributed by atoms with Gasteiger partial charge in [-0.15, -0.1) is 0 Å². The van der Waals surface area contributed by atoms with Crippen LogP contribution in [0.2, 0.25) is 0 Å². The molecule has 1 N–H and O–H groups in total. The number of hydrogen-bond donors (Lipinski definition) is 1. The molecule has 0 aliphatic carbocycles. The van der Waals surface area contributed by atoms with E-state index in [1.54, 1.807) is 17.0 Å². The van der Waals surface area contributed by atoms with E-state index in [0.717, 1.165) is 23.0 Å². The third-order valence-corrected chi connectivity index (χ3v) is 5.00. The van der Waals surface area contributed by atoms with Gasteiger partial charge in [0.05, 0.1) is 5.92 Å². The quantitative estimate of drug-likeness (QED) is 0.726. The maximum Gasteiger partial charge on any atom is 0.246 e. The number of hydrogen-bond acceptors (Lipinski definition) is 2. The lowest BCUT2D eigenvalue weighted by Gasteiger charge is -2.31. The molecule has 0 spiro atoms. The fourth-order valence-electron chi connectivity index (χ4n) is 3.07. The van der Waals surface area contributed by atoms with Crippen LogP contribution in [0.4, 0.5) is 10.1 Å². The topological polar surface area (TPSA) is 49.4 Å². The highest BCUT2D eigenvalue weighted by atomic mass is 79.9. The van der Waals surface area contributed by atoms with Crippen molar-refractivity contribution in [3.8, 4) is 0 Å². The maximum absolute atomic E-state index is 13.8. The van der Waals surface area contributed by atoms with Crippen molar-refractivity contribution < 1.29 is 14.0 Å². The lowest BCUT2D eigenvalue weighted by molar-refractivity contribution is -0.130. The van der Waals surface area contributed by atoms with Gasteiger partial charge in [0.1, 0.15) is 5.82 Å². The van der Waals surface area contributed by atoms with Gasteiger partial charge in [-0.3, -0.25) is 9.59 Å². The van der Waals surface area contributed by atoms with Crippen molar-refractivity contribution in [2.24, 2.45) is 5.92 Å². The number of piperidine rings is 1. The second kappa shape index (κ2) is 8.95. The van der Waals surface area contributed by atoms with E-state index in [4.69, 9.17) is 0 Å². The highest BCUT2D eigenvalue weighted by Crippen LogP contribution is 2.20. The van der Waals surface area contributed by atoms with Gasteiger partial charge in [0.25, 0.3) is 0 Å². The molecule has 0 aromatic heterocycles. The Bertz CT molecular complexity index is 855. The van der Waals surface area contributed by atoms with Crippen LogP contribution in [0.3, 0.4) is 0 Å². The predicted octanol–water partition coefficient (Wildman–Crippen LogP) is 4.48. The van der Waals surface area contributed by atoms with Gasteiger partial charge < -0.3 is 10.2 Å². The Balaban J connectivity index is 1.61. The number of nitrogens with zero attached hydrogens (tertiary/aromatic N) is 1. The van der Waals surface area contributed by atoms with Crippen LogP contribution < -0.4 is 5.32 Å². The van der Waals surface area contributed by atoms with E-state index in [1.165, 1.54) is 18.2 Å². The van der Waals surface area contributed by atoms with Gasteiger partial charge in [0.2, 0.25) is 11.8 Å². The molecule has 3 rings (SSSR count). The lowest BCUT2D eigenvalue weighted by Crippen LogP contribution is -2.43. The standard InChI is InChI=1S/C21H20BrFN2O2/c22-17-9-10-19(23)15(13-17)8-11-20(26)25-12-4-5-16(14-25)21(27)24-18-6-2-1-3-7-18/h1-3,6-11,13,16H,4-5,12,14H2,(H,24,27)/b11-8+. The number of nitrogens with one attached hydrogen (secondary N) is 1. The van der Waals surface area contributed by atoms with Crippen LogP contribution >= 0.6 is 15.9 Å². The Morgan fingerprint density at radius 3 is 2.74 bits per heavy atom. The first-order valence-electron chi connectivity index (χ1n) is 8.81. The van der Waals surface area contributed by atoms with E-state index in [-0.39, 0.29) is 23.5 Å². The van der Waals surface area contributed by atoms with E-state index in [1.807, 2.05) is 30.3 Å². The summed E-state index contributed by atoms with van der Waals surface area (Å²) in [5.41, 5.74) is 1.09. The van der Waals surface area contributed by atoms with E-state index < -0.39 is 0 Å². The molecule has 1 fully saturated rings. The van der Waals surface area contributed by atoms with E-state index in [9.17, 15) is 14.0 Å². The lowest BCUT2D eigenvalue weighted by atomic mass is 9.97. The van der Waals surface area contributed by atoms with Crippen LogP contribution in [0, 0.1) is 11.7 Å². The number of rotatable bonds is 4. The van der Waals surface area contributed by atoms with E-state index in [2.05, 4.69) is 21.2 Å². The molecule has 2 aromatic rings. The largest absolute Gasteiger partial charge is 0.338 e. The molecule has 0 bridgehead atoms. The highest BCUT2D eigenvalue weighted by Gasteiger charge is 2.27. The van der Waals surface area contributed by atoms with Gasteiger partial charge in [-0.05, 0) is 49.2 Å². The van der Waals surface area contributed by atoms with Crippen molar-refractivity contribution in [2.45, 2.75) is 12.8 Å². The molecule has 1 heterocycles. The molecule has 1 aliphatic heterocycles. The molecule has 1 aliphatic rings. The van der Waals surface area contributed by atoms with Crippen LogP contribution in [-0.2, 0) is 9.59 Å². The number of carbonyl (C=O) groups is 2. The summed E-state index contributed by atoms with van der Waals surface area (Å²) >= 11 is 3.29. The molecule has 0 radical (unpaired) electrons. The summed E-state index contributed by atoms with van der Waals surface area (Å²) in [5, 5.41) is 2.89. The number of carbonyl (C=O) groups excluding carboxylic acids is 2. The second-order valence-corrected chi connectivity index (χ2v) is 7.39. The Morgan fingerprint density at radius 2 is 1.96 bits per heavy atom. The zero-order valence-corrected chi connectivity index (χ0v) is 16.3. The van der Waals surface area contributed by atoms with Crippen molar-refractivity contribution in [2.75, 3.05) is 18.4 Å². The average molecular weight is 431 g/mol. The molecule has 27 heavy (non-hydrogen) atoms. The van der Waals surface area contributed by atoms with Crippen molar-refractivity contribution in [3.63, 3.8) is 0 Å². The molecule has 140 valence electrons. The zero-order chi connectivity index (χ0) is 19.2. The monoisotopic (exact) mass is 430 g/mol. The molecule has 1 atom stereocenters. The molecule has 2 aromatic carbocycles. The Hall–Kier alpha value is -2.47. The second-order valence-electron chi connectivity index (χ2n) is 6.48. The van der Waals surface area contributed by atoms with Crippen LogP contribution in [-0.4, -0.2) is 29.8 Å². The summed E-state index contributed by atoms with van der Waals surface area (Å²) in [4.78, 5) is 26.6. The number of benzene rings is 2. The van der Waals surface area contributed by atoms with Crippen LogP contribution in [0.5, 0.6) is 0 Å². The number of amides is 2. The van der Waals surface area contributed by atoms with Gasteiger partial charge in [-0.1, -0.05) is 34.1 Å². The number of anilines is 1. The summed E-state index contributed by atoms with van der Waals surface area (Å²) in [5.74, 6) is -0.938. The highest BCUT2D eigenvalue weighted by molar-refractivity contribution is 9.10. The summed E-state index contributed by atoms with van der Waals surface area (Å²) < 4.78 is 14.5. The Morgan fingerprint density at radius 1 is 1.19 bits per heavy atom. The minimum atomic E-state index is -0.388. The molecule has 4 nitrogen and oxygen atoms in total. The SMILES string of the molecule is O=C(Nc1ccccc1)C1CCCN(C(=O)/C=C/c2cc(Br)ccc2F)C1. The first-order chi connectivity index (χ1) is 13.0. The minimum Gasteiger partial charge on any atom is -0.338 e. The van der Waals surface area contributed by atoms with Crippen LogP contribution in [0.15, 0.2) is 59.1 Å². The van der Waals surface area contributed by atoms with Gasteiger partial charge in [0.15, 0.2) is 0 Å². The number of halogens is 2. The van der Waals surface area contributed by atoms with Gasteiger partial charge in [0, 0.05) is 34.9 Å². The van der Waals surface area contributed by atoms with Crippen molar-refractivity contribution in [1.29, 1.82) is 0 Å². The summed E-state index contributed by atoms with van der Waals surface area (Å²) in [6.45, 7) is 0.960. The first kappa shape index (κ1) is 19.3. The third-order valence-electron chi connectivity index (χ3n) is 4.51. The van der Waals surface area contributed by atoms with Crippen LogP contribution in [0.25, 0.3) is 6.08 Å². The number of likely N-dealkylation sites (tertiary alicyclic amines) is 1. The molecule has 6 heteroatoms. The third kappa shape index (κ3) is 5.26. The molecule has 0 saturated carbocycles. The fraction of sp³-hybridized carbons (Fsp3) is 0.238. The average Bonchev–Trinajstić information content (AvgIpc) is 2.69. The Labute approximate surface area is 166 Å². The zero-order valence-electron chi connectivity index (χ0n) is 14.7. The van der Waals surface area contributed by atoms with E-state index in [0.29, 0.717) is 18.7 Å². The molecular weight excluding hydrogens is 411 g/mol. The minimum absolute atomic E-state index is 0.0827. The summed E-state index contributed by atoms with van der Waals surface area (Å²) in [7, 11) is 0.